The van der Waals surface area contributed by atoms with Gasteiger partial charge in [-0.2, -0.15) is 0 Å². The van der Waals surface area contributed by atoms with Crippen LogP contribution in [0.4, 0.5) is 9.80 Å². The Kier molecular flexibility index (Phi) is 4.42. The van der Waals surface area contributed by atoms with E-state index in [1.165, 1.54) is 36.7 Å². The fourth-order valence-corrected chi connectivity index (χ4v) is 2.86. The third kappa shape index (κ3) is 3.26. The average molecular weight is 282 g/mol. The van der Waals surface area contributed by atoms with Crippen LogP contribution in [0, 0.1) is 5.92 Å². The summed E-state index contributed by atoms with van der Waals surface area (Å²) in [6.45, 7) is 3.33. The number of hydrogen-bond donors (Lipinski definition) is 2. The van der Waals surface area contributed by atoms with Gasteiger partial charge in [-0.15, -0.1) is 11.3 Å². The Bertz CT molecular complexity index is 468. The van der Waals surface area contributed by atoms with Crippen molar-refractivity contribution in [2.75, 3.05) is 18.4 Å². The molecule has 19 heavy (non-hydrogen) atoms. The van der Waals surface area contributed by atoms with Crippen molar-refractivity contribution >= 4 is 28.3 Å². The number of aromatic carboxylic acids is 1. The van der Waals surface area contributed by atoms with Crippen molar-refractivity contribution in [2.24, 2.45) is 5.92 Å². The van der Waals surface area contributed by atoms with Gasteiger partial charge in [0.2, 0.25) is 0 Å². The summed E-state index contributed by atoms with van der Waals surface area (Å²) < 4.78 is 0. The Morgan fingerprint density at radius 2 is 2.26 bits per heavy atom. The molecular weight excluding hydrogens is 264 g/mol. The zero-order chi connectivity index (χ0) is 13.8. The van der Waals surface area contributed by atoms with Crippen LogP contribution >= 0.6 is 11.3 Å². The van der Waals surface area contributed by atoms with E-state index in [9.17, 15) is 9.59 Å². The van der Waals surface area contributed by atoms with Gasteiger partial charge in [0, 0.05) is 13.1 Å². The lowest BCUT2D eigenvalue weighted by Crippen LogP contribution is -2.39. The van der Waals surface area contributed by atoms with Crippen LogP contribution in [0.15, 0.2) is 11.4 Å². The standard InChI is InChI=1S/C13H18N2O3S/c1-2-15(8-9-4-3-5-9)13(18)14-11-10(12(16)17)6-7-19-11/h6-7,9H,2-5,8H2,1H3,(H,14,18)(H,16,17). The minimum atomic E-state index is -1.02. The van der Waals surface area contributed by atoms with Crippen molar-refractivity contribution in [3.05, 3.63) is 17.0 Å². The Hall–Kier alpha value is -1.56. The number of nitrogens with zero attached hydrogens (tertiary/aromatic N) is 1. The number of carbonyl (C=O) groups excluding carboxylic acids is 1. The first-order valence-electron chi connectivity index (χ1n) is 6.48. The van der Waals surface area contributed by atoms with E-state index in [2.05, 4.69) is 5.32 Å². The van der Waals surface area contributed by atoms with E-state index in [-0.39, 0.29) is 11.6 Å². The number of urea groups is 1. The maximum Gasteiger partial charge on any atom is 0.338 e. The number of anilines is 1. The van der Waals surface area contributed by atoms with E-state index in [4.69, 9.17) is 5.11 Å². The maximum absolute atomic E-state index is 12.1. The summed E-state index contributed by atoms with van der Waals surface area (Å²) >= 11 is 1.23. The summed E-state index contributed by atoms with van der Waals surface area (Å²) in [5.74, 6) is -0.411. The normalized spacial score (nSPS) is 14.8. The summed E-state index contributed by atoms with van der Waals surface area (Å²) in [7, 11) is 0. The molecule has 0 saturated heterocycles. The summed E-state index contributed by atoms with van der Waals surface area (Å²) in [5.41, 5.74) is 0.151. The van der Waals surface area contributed by atoms with E-state index in [1.54, 1.807) is 10.3 Å². The highest BCUT2D eigenvalue weighted by Crippen LogP contribution is 2.28. The lowest BCUT2D eigenvalue weighted by atomic mass is 9.85. The highest BCUT2D eigenvalue weighted by atomic mass is 32.1. The monoisotopic (exact) mass is 282 g/mol. The predicted octanol–water partition coefficient (Wildman–Crippen LogP) is 3.10. The number of carboxylic acid groups (broad SMARTS) is 1. The van der Waals surface area contributed by atoms with Crippen LogP contribution in [-0.4, -0.2) is 35.1 Å². The van der Waals surface area contributed by atoms with Gasteiger partial charge in [0.05, 0.1) is 5.56 Å². The van der Waals surface area contributed by atoms with Crippen molar-refractivity contribution in [3.8, 4) is 0 Å². The van der Waals surface area contributed by atoms with E-state index in [0.29, 0.717) is 17.5 Å². The van der Waals surface area contributed by atoms with E-state index in [1.807, 2.05) is 6.92 Å². The van der Waals surface area contributed by atoms with Gasteiger partial charge in [-0.3, -0.25) is 5.32 Å². The van der Waals surface area contributed by atoms with Gasteiger partial charge in [0.1, 0.15) is 5.00 Å². The first kappa shape index (κ1) is 13.9. The van der Waals surface area contributed by atoms with E-state index in [0.717, 1.165) is 6.54 Å². The molecule has 2 rings (SSSR count). The van der Waals surface area contributed by atoms with Gasteiger partial charge in [-0.25, -0.2) is 9.59 Å². The molecule has 0 radical (unpaired) electrons. The van der Waals surface area contributed by atoms with Crippen LogP contribution < -0.4 is 5.32 Å². The highest BCUT2D eigenvalue weighted by Gasteiger charge is 2.23. The van der Waals surface area contributed by atoms with Gasteiger partial charge in [-0.1, -0.05) is 6.42 Å². The molecule has 6 heteroatoms. The third-order valence-electron chi connectivity index (χ3n) is 3.49. The van der Waals surface area contributed by atoms with Gasteiger partial charge in [0.15, 0.2) is 0 Å². The third-order valence-corrected chi connectivity index (χ3v) is 4.32. The fraction of sp³-hybridized carbons (Fsp3) is 0.538. The fourth-order valence-electron chi connectivity index (χ4n) is 2.09. The number of carbonyl (C=O) groups is 2. The van der Waals surface area contributed by atoms with Crippen LogP contribution in [0.3, 0.4) is 0 Å². The second-order valence-corrected chi connectivity index (χ2v) is 5.65. The zero-order valence-corrected chi connectivity index (χ0v) is 11.7. The Morgan fingerprint density at radius 1 is 1.53 bits per heavy atom. The summed E-state index contributed by atoms with van der Waals surface area (Å²) in [4.78, 5) is 24.8. The lowest BCUT2D eigenvalue weighted by molar-refractivity contribution is 0.0698. The lowest BCUT2D eigenvalue weighted by Gasteiger charge is -2.31. The number of nitrogens with one attached hydrogen (secondary N) is 1. The van der Waals surface area contributed by atoms with Gasteiger partial charge >= 0.3 is 12.0 Å². The van der Waals surface area contributed by atoms with Crippen molar-refractivity contribution in [1.29, 1.82) is 0 Å². The average Bonchev–Trinajstić information content (AvgIpc) is 2.75. The first-order valence-corrected chi connectivity index (χ1v) is 7.36. The van der Waals surface area contributed by atoms with Crippen molar-refractivity contribution < 1.29 is 14.7 Å². The molecule has 2 N–H and O–H groups in total. The molecular formula is C13H18N2O3S. The molecule has 1 aromatic rings. The van der Waals surface area contributed by atoms with Gasteiger partial charge < -0.3 is 10.0 Å². The first-order chi connectivity index (χ1) is 9.11. The number of thiophene rings is 1. The Balaban J connectivity index is 1.97. The molecule has 0 unspecified atom stereocenters. The second kappa shape index (κ2) is 6.06. The second-order valence-electron chi connectivity index (χ2n) is 4.73. The number of rotatable bonds is 5. The molecule has 2 amide bonds. The smallest absolute Gasteiger partial charge is 0.338 e. The quantitative estimate of drug-likeness (QED) is 0.871. The molecule has 104 valence electrons. The summed E-state index contributed by atoms with van der Waals surface area (Å²) in [6.07, 6.45) is 3.62. The topological polar surface area (TPSA) is 69.6 Å². The Labute approximate surface area is 116 Å². The summed E-state index contributed by atoms with van der Waals surface area (Å²) in [6, 6.07) is 1.30. The molecule has 1 saturated carbocycles. The van der Waals surface area contributed by atoms with Crippen LogP contribution in [0.2, 0.25) is 0 Å². The molecule has 5 nitrogen and oxygen atoms in total. The zero-order valence-electron chi connectivity index (χ0n) is 10.9. The molecule has 1 fully saturated rings. The van der Waals surface area contributed by atoms with Crippen LogP contribution in [0.25, 0.3) is 0 Å². The van der Waals surface area contributed by atoms with Gasteiger partial charge in [0.25, 0.3) is 0 Å². The molecule has 1 aliphatic carbocycles. The van der Waals surface area contributed by atoms with Crippen molar-refractivity contribution in [3.63, 3.8) is 0 Å². The van der Waals surface area contributed by atoms with E-state index >= 15 is 0 Å². The molecule has 0 bridgehead atoms. The minimum absolute atomic E-state index is 0.151. The summed E-state index contributed by atoms with van der Waals surface area (Å²) in [5, 5.41) is 13.8. The SMILES string of the molecule is CCN(CC1CCC1)C(=O)Nc1sccc1C(=O)O. The van der Waals surface area contributed by atoms with Gasteiger partial charge in [-0.05, 0) is 37.1 Å². The molecule has 0 atom stereocenters. The van der Waals surface area contributed by atoms with Crippen LogP contribution in [0.5, 0.6) is 0 Å². The predicted molar refractivity (Wildman–Crippen MR) is 74.9 cm³/mol. The molecule has 1 heterocycles. The maximum atomic E-state index is 12.1. The molecule has 0 aromatic carbocycles. The number of carboxylic acids is 1. The van der Waals surface area contributed by atoms with Crippen molar-refractivity contribution in [2.45, 2.75) is 26.2 Å². The highest BCUT2D eigenvalue weighted by molar-refractivity contribution is 7.14. The molecule has 0 aliphatic heterocycles. The largest absolute Gasteiger partial charge is 0.478 e. The van der Waals surface area contributed by atoms with Crippen LogP contribution in [-0.2, 0) is 0 Å². The minimum Gasteiger partial charge on any atom is -0.478 e. The van der Waals surface area contributed by atoms with Crippen molar-refractivity contribution in [1.82, 2.24) is 4.90 Å². The molecule has 1 aromatic heterocycles. The number of hydrogen-bond acceptors (Lipinski definition) is 3. The Morgan fingerprint density at radius 3 is 2.79 bits per heavy atom. The molecule has 1 aliphatic rings. The number of amides is 2. The molecule has 0 spiro atoms. The van der Waals surface area contributed by atoms with Crippen LogP contribution in [0.1, 0.15) is 36.5 Å². The van der Waals surface area contributed by atoms with E-state index < -0.39 is 5.97 Å².